The number of carboxylic acid groups (broad SMARTS) is 1. The number of anilines is 1. The second-order valence-electron chi connectivity index (χ2n) is 3.73. The lowest BCUT2D eigenvalue weighted by molar-refractivity contribution is -0.136. The number of aryl methyl sites for hydroxylation is 1. The Morgan fingerprint density at radius 2 is 2.18 bits per heavy atom. The van der Waals surface area contributed by atoms with Crippen LogP contribution >= 0.6 is 0 Å². The van der Waals surface area contributed by atoms with Gasteiger partial charge in [-0.25, -0.2) is 0 Å². The highest BCUT2D eigenvalue weighted by atomic mass is 16.5. The lowest BCUT2D eigenvalue weighted by atomic mass is 10.2. The van der Waals surface area contributed by atoms with Crippen LogP contribution < -0.4 is 4.90 Å². The van der Waals surface area contributed by atoms with Crippen LogP contribution in [0.3, 0.4) is 0 Å². The zero-order chi connectivity index (χ0) is 12.8. The van der Waals surface area contributed by atoms with Crippen molar-refractivity contribution >= 4 is 17.7 Å². The molecule has 94 valence electrons. The number of aromatic nitrogens is 1. The van der Waals surface area contributed by atoms with Gasteiger partial charge in [-0.05, 0) is 13.3 Å². The van der Waals surface area contributed by atoms with Gasteiger partial charge >= 0.3 is 5.97 Å². The van der Waals surface area contributed by atoms with E-state index in [-0.39, 0.29) is 18.9 Å². The van der Waals surface area contributed by atoms with Gasteiger partial charge in [0, 0.05) is 19.0 Å². The minimum Gasteiger partial charge on any atom is -0.481 e. The van der Waals surface area contributed by atoms with Crippen molar-refractivity contribution in [2.24, 2.45) is 0 Å². The topological polar surface area (TPSA) is 83.6 Å². The average molecular weight is 240 g/mol. The van der Waals surface area contributed by atoms with Crippen LogP contribution in [0.1, 0.15) is 31.9 Å². The average Bonchev–Trinajstić information content (AvgIpc) is 2.65. The summed E-state index contributed by atoms with van der Waals surface area (Å²) in [7, 11) is 0. The molecule has 1 heterocycles. The number of carbonyl (C=O) groups is 2. The molecule has 0 fully saturated rings. The summed E-state index contributed by atoms with van der Waals surface area (Å²) in [5.74, 6) is -0.117. The molecule has 1 rings (SSSR count). The predicted molar refractivity (Wildman–Crippen MR) is 60.8 cm³/mol. The van der Waals surface area contributed by atoms with Gasteiger partial charge < -0.3 is 9.63 Å². The van der Waals surface area contributed by atoms with E-state index in [2.05, 4.69) is 5.16 Å². The SMILES string of the molecule is CCCC(=O)N(CCC(=O)O)c1cc(C)on1. The first-order valence-electron chi connectivity index (χ1n) is 5.50. The number of amides is 1. The molecule has 0 bridgehead atoms. The standard InChI is InChI=1S/C11H16N2O4/c1-3-4-10(14)13(6-5-11(15)16)9-7-8(2)17-12-9/h7H,3-6H2,1-2H3,(H,15,16). The summed E-state index contributed by atoms with van der Waals surface area (Å²) in [5, 5.41) is 12.4. The largest absolute Gasteiger partial charge is 0.481 e. The maximum absolute atomic E-state index is 11.8. The molecule has 1 aromatic rings. The van der Waals surface area contributed by atoms with Gasteiger partial charge in [0.2, 0.25) is 5.91 Å². The van der Waals surface area contributed by atoms with Gasteiger partial charge in [0.25, 0.3) is 0 Å². The number of carboxylic acids is 1. The van der Waals surface area contributed by atoms with E-state index in [1.165, 1.54) is 4.90 Å². The van der Waals surface area contributed by atoms with Gasteiger partial charge in [-0.2, -0.15) is 0 Å². The van der Waals surface area contributed by atoms with Gasteiger partial charge in [0.05, 0.1) is 6.42 Å². The van der Waals surface area contributed by atoms with Crippen LogP contribution in [0, 0.1) is 6.92 Å². The zero-order valence-electron chi connectivity index (χ0n) is 9.97. The van der Waals surface area contributed by atoms with E-state index >= 15 is 0 Å². The number of aliphatic carboxylic acids is 1. The van der Waals surface area contributed by atoms with Crippen LogP contribution in [-0.4, -0.2) is 28.7 Å². The third-order valence-electron chi connectivity index (χ3n) is 2.21. The fourth-order valence-electron chi connectivity index (χ4n) is 1.40. The van der Waals surface area contributed by atoms with E-state index in [1.807, 2.05) is 6.92 Å². The second kappa shape index (κ2) is 6.03. The molecule has 1 aromatic heterocycles. The number of hydrogen-bond acceptors (Lipinski definition) is 4. The molecule has 0 saturated carbocycles. The van der Waals surface area contributed by atoms with Crippen molar-refractivity contribution in [3.8, 4) is 0 Å². The van der Waals surface area contributed by atoms with E-state index in [0.29, 0.717) is 24.4 Å². The summed E-state index contributed by atoms with van der Waals surface area (Å²) in [4.78, 5) is 23.7. The van der Waals surface area contributed by atoms with E-state index in [0.717, 1.165) is 0 Å². The van der Waals surface area contributed by atoms with E-state index in [4.69, 9.17) is 9.63 Å². The molecule has 1 N–H and O–H groups in total. The number of hydrogen-bond donors (Lipinski definition) is 1. The number of carbonyl (C=O) groups excluding carboxylic acids is 1. The molecular weight excluding hydrogens is 224 g/mol. The summed E-state index contributed by atoms with van der Waals surface area (Å²) < 4.78 is 4.89. The smallest absolute Gasteiger partial charge is 0.305 e. The van der Waals surface area contributed by atoms with Crippen molar-refractivity contribution in [1.82, 2.24) is 5.16 Å². The minimum atomic E-state index is -0.945. The lowest BCUT2D eigenvalue weighted by Gasteiger charge is -2.18. The van der Waals surface area contributed by atoms with Crippen molar-refractivity contribution in [3.63, 3.8) is 0 Å². The van der Waals surface area contributed by atoms with Crippen molar-refractivity contribution in [3.05, 3.63) is 11.8 Å². The molecule has 0 atom stereocenters. The Labute approximate surface area is 99.2 Å². The Morgan fingerprint density at radius 3 is 2.65 bits per heavy atom. The lowest BCUT2D eigenvalue weighted by Crippen LogP contribution is -2.33. The van der Waals surface area contributed by atoms with E-state index in [1.54, 1.807) is 13.0 Å². The maximum Gasteiger partial charge on any atom is 0.305 e. The van der Waals surface area contributed by atoms with Gasteiger partial charge in [0.1, 0.15) is 5.76 Å². The van der Waals surface area contributed by atoms with Crippen LogP contribution in [0.4, 0.5) is 5.82 Å². The predicted octanol–water partition coefficient (Wildman–Crippen LogP) is 1.59. The van der Waals surface area contributed by atoms with Crippen LogP contribution in [0.5, 0.6) is 0 Å². The molecular formula is C11H16N2O4. The van der Waals surface area contributed by atoms with Crippen molar-refractivity contribution < 1.29 is 19.2 Å². The number of nitrogens with zero attached hydrogens (tertiary/aromatic N) is 2. The van der Waals surface area contributed by atoms with Crippen molar-refractivity contribution in [2.75, 3.05) is 11.4 Å². The Balaban J connectivity index is 2.78. The highest BCUT2D eigenvalue weighted by Crippen LogP contribution is 2.15. The first kappa shape index (κ1) is 13.2. The summed E-state index contributed by atoms with van der Waals surface area (Å²) in [6.07, 6.45) is 0.964. The first-order valence-corrected chi connectivity index (χ1v) is 5.50. The van der Waals surface area contributed by atoms with Crippen molar-refractivity contribution in [1.29, 1.82) is 0 Å². The Morgan fingerprint density at radius 1 is 1.47 bits per heavy atom. The molecule has 1 amide bonds. The fourth-order valence-corrected chi connectivity index (χ4v) is 1.40. The Kier molecular flexibility index (Phi) is 4.68. The molecule has 17 heavy (non-hydrogen) atoms. The van der Waals surface area contributed by atoms with Gasteiger partial charge in [-0.1, -0.05) is 12.1 Å². The van der Waals surface area contributed by atoms with Gasteiger partial charge in [0.15, 0.2) is 5.82 Å². The quantitative estimate of drug-likeness (QED) is 0.816. The molecule has 0 radical (unpaired) electrons. The zero-order valence-corrected chi connectivity index (χ0v) is 9.97. The minimum absolute atomic E-state index is 0.110. The molecule has 0 aromatic carbocycles. The Hall–Kier alpha value is -1.85. The molecule has 6 heteroatoms. The molecule has 0 spiro atoms. The third kappa shape index (κ3) is 3.90. The first-order chi connectivity index (χ1) is 8.04. The highest BCUT2D eigenvalue weighted by molar-refractivity contribution is 5.92. The second-order valence-corrected chi connectivity index (χ2v) is 3.73. The molecule has 0 unspecified atom stereocenters. The van der Waals surface area contributed by atoms with Gasteiger partial charge in [-0.3, -0.25) is 14.5 Å². The summed E-state index contributed by atoms with van der Waals surface area (Å²) >= 11 is 0. The van der Waals surface area contributed by atoms with E-state index < -0.39 is 5.97 Å². The van der Waals surface area contributed by atoms with Crippen LogP contribution in [-0.2, 0) is 9.59 Å². The maximum atomic E-state index is 11.8. The molecule has 0 aliphatic carbocycles. The Bertz CT molecular complexity index is 400. The molecule has 0 saturated heterocycles. The number of rotatable bonds is 6. The summed E-state index contributed by atoms with van der Waals surface area (Å²) in [5.41, 5.74) is 0. The third-order valence-corrected chi connectivity index (χ3v) is 2.21. The van der Waals surface area contributed by atoms with Crippen LogP contribution in [0.15, 0.2) is 10.6 Å². The van der Waals surface area contributed by atoms with E-state index in [9.17, 15) is 9.59 Å². The summed E-state index contributed by atoms with van der Waals surface area (Å²) in [6.45, 7) is 3.72. The van der Waals surface area contributed by atoms with Crippen LogP contribution in [0.2, 0.25) is 0 Å². The normalized spacial score (nSPS) is 10.2. The monoisotopic (exact) mass is 240 g/mol. The molecule has 0 aliphatic rings. The molecule has 6 nitrogen and oxygen atoms in total. The van der Waals surface area contributed by atoms with Gasteiger partial charge in [-0.15, -0.1) is 0 Å². The molecule has 0 aliphatic heterocycles. The van der Waals surface area contributed by atoms with Crippen LogP contribution in [0.25, 0.3) is 0 Å². The fraction of sp³-hybridized carbons (Fsp3) is 0.545. The summed E-state index contributed by atoms with van der Waals surface area (Å²) in [6, 6.07) is 1.62. The highest BCUT2D eigenvalue weighted by Gasteiger charge is 2.19. The van der Waals surface area contributed by atoms with Crippen molar-refractivity contribution in [2.45, 2.75) is 33.1 Å².